The number of likely N-dealkylation sites (N-methyl/N-ethyl adjacent to an activating group) is 1. The Morgan fingerprint density at radius 3 is 2.27 bits per heavy atom. The van der Waals surface area contributed by atoms with Gasteiger partial charge in [-0.05, 0) is 54.8 Å². The quantitative estimate of drug-likeness (QED) is 0.280. The molecule has 0 bridgehead atoms. The van der Waals surface area contributed by atoms with Gasteiger partial charge in [0.1, 0.15) is 11.9 Å². The standard InChI is InChI=1S/C29H32Cl2FN3O4S/c1-3-33-29(37)27(18-21-8-5-4-6-9-21)34(20-22-11-14-24(32)15-12-22)28(36)10-7-17-35(40(2,38)39)26-19-23(30)13-16-25(26)31/h4-6,8-9,11-16,19,27H,3,7,10,17-18,20H2,1-2H3,(H,33,37). The van der Waals surface area contributed by atoms with Crippen LogP contribution in [0.5, 0.6) is 0 Å². The number of carbonyl (C=O) groups excluding carboxylic acids is 2. The number of nitrogens with zero attached hydrogens (tertiary/aromatic N) is 2. The van der Waals surface area contributed by atoms with Crippen LogP contribution in [-0.4, -0.2) is 50.5 Å². The van der Waals surface area contributed by atoms with Crippen LogP contribution in [0, 0.1) is 5.82 Å². The number of amides is 2. The summed E-state index contributed by atoms with van der Waals surface area (Å²) in [5.41, 5.74) is 1.74. The van der Waals surface area contributed by atoms with E-state index in [1.165, 1.54) is 29.2 Å². The van der Waals surface area contributed by atoms with Gasteiger partial charge in [-0.25, -0.2) is 12.8 Å². The zero-order valence-electron chi connectivity index (χ0n) is 22.3. The van der Waals surface area contributed by atoms with Crippen molar-refractivity contribution in [3.63, 3.8) is 0 Å². The third-order valence-corrected chi connectivity index (χ3v) is 7.95. The van der Waals surface area contributed by atoms with Gasteiger partial charge in [0.05, 0.1) is 17.0 Å². The van der Waals surface area contributed by atoms with Crippen molar-refractivity contribution in [2.45, 2.75) is 38.8 Å². The van der Waals surface area contributed by atoms with E-state index in [0.717, 1.165) is 16.1 Å². The van der Waals surface area contributed by atoms with E-state index >= 15 is 0 Å². The first-order valence-corrected chi connectivity index (χ1v) is 15.4. The van der Waals surface area contributed by atoms with E-state index in [1.807, 2.05) is 30.3 Å². The molecule has 0 aliphatic rings. The Kier molecular flexibility index (Phi) is 11.4. The molecule has 0 spiro atoms. The highest BCUT2D eigenvalue weighted by Gasteiger charge is 2.30. The van der Waals surface area contributed by atoms with E-state index in [1.54, 1.807) is 25.1 Å². The summed E-state index contributed by atoms with van der Waals surface area (Å²) >= 11 is 12.3. The lowest BCUT2D eigenvalue weighted by Crippen LogP contribution is -2.50. The van der Waals surface area contributed by atoms with E-state index in [4.69, 9.17) is 23.2 Å². The summed E-state index contributed by atoms with van der Waals surface area (Å²) in [6.45, 7) is 2.22. The van der Waals surface area contributed by atoms with Gasteiger partial charge in [0.2, 0.25) is 21.8 Å². The average Bonchev–Trinajstić information content (AvgIpc) is 2.91. The van der Waals surface area contributed by atoms with Crippen LogP contribution in [0.15, 0.2) is 72.8 Å². The molecule has 214 valence electrons. The number of nitrogens with one attached hydrogen (secondary N) is 1. The van der Waals surface area contributed by atoms with E-state index < -0.39 is 21.9 Å². The third kappa shape index (κ3) is 8.94. The normalized spacial score (nSPS) is 12.0. The van der Waals surface area contributed by atoms with Crippen molar-refractivity contribution in [3.8, 4) is 0 Å². The largest absolute Gasteiger partial charge is 0.355 e. The first-order chi connectivity index (χ1) is 19.0. The topological polar surface area (TPSA) is 86.8 Å². The van der Waals surface area contributed by atoms with Gasteiger partial charge in [0.25, 0.3) is 0 Å². The lowest BCUT2D eigenvalue weighted by molar-refractivity contribution is -0.141. The molecule has 0 radical (unpaired) electrons. The molecule has 1 N–H and O–H groups in total. The third-order valence-electron chi connectivity index (χ3n) is 6.22. The van der Waals surface area contributed by atoms with Gasteiger partial charge in [-0.2, -0.15) is 0 Å². The number of carbonyl (C=O) groups is 2. The van der Waals surface area contributed by atoms with Crippen LogP contribution in [0.4, 0.5) is 10.1 Å². The predicted octanol–water partition coefficient (Wildman–Crippen LogP) is 5.45. The highest BCUT2D eigenvalue weighted by Crippen LogP contribution is 2.31. The SMILES string of the molecule is CCNC(=O)C(Cc1ccccc1)N(Cc1ccc(F)cc1)C(=O)CCCN(c1cc(Cl)ccc1Cl)S(C)(=O)=O. The summed E-state index contributed by atoms with van der Waals surface area (Å²) in [7, 11) is -3.74. The van der Waals surface area contributed by atoms with Crippen LogP contribution in [0.1, 0.15) is 30.9 Å². The molecule has 0 fully saturated rings. The Hall–Kier alpha value is -3.14. The monoisotopic (exact) mass is 607 g/mol. The molecule has 1 atom stereocenters. The van der Waals surface area contributed by atoms with Crippen LogP contribution in [0.25, 0.3) is 0 Å². The van der Waals surface area contributed by atoms with Crippen LogP contribution >= 0.6 is 23.2 Å². The molecule has 0 saturated carbocycles. The lowest BCUT2D eigenvalue weighted by Gasteiger charge is -2.32. The van der Waals surface area contributed by atoms with E-state index in [2.05, 4.69) is 5.32 Å². The number of hydrogen-bond acceptors (Lipinski definition) is 4. The average molecular weight is 609 g/mol. The fraction of sp³-hybridized carbons (Fsp3) is 0.310. The minimum absolute atomic E-state index is 0.0282. The fourth-order valence-corrected chi connectivity index (χ4v) is 5.70. The Morgan fingerprint density at radius 2 is 1.65 bits per heavy atom. The number of hydrogen-bond donors (Lipinski definition) is 1. The summed E-state index contributed by atoms with van der Waals surface area (Å²) in [4.78, 5) is 28.4. The van der Waals surface area contributed by atoms with Crippen molar-refractivity contribution >= 4 is 50.7 Å². The number of anilines is 1. The van der Waals surface area contributed by atoms with Crippen molar-refractivity contribution in [1.29, 1.82) is 0 Å². The Bertz CT molecular complexity index is 1410. The number of sulfonamides is 1. The fourth-order valence-electron chi connectivity index (χ4n) is 4.29. The molecule has 11 heteroatoms. The van der Waals surface area contributed by atoms with E-state index in [-0.39, 0.29) is 54.9 Å². The second-order valence-corrected chi connectivity index (χ2v) is 12.0. The first kappa shape index (κ1) is 31.4. The Balaban J connectivity index is 1.87. The molecule has 7 nitrogen and oxygen atoms in total. The van der Waals surface area contributed by atoms with E-state index in [0.29, 0.717) is 17.1 Å². The Morgan fingerprint density at radius 1 is 0.975 bits per heavy atom. The van der Waals surface area contributed by atoms with Crippen molar-refractivity contribution < 1.29 is 22.4 Å². The molecular weight excluding hydrogens is 576 g/mol. The van der Waals surface area contributed by atoms with Crippen LogP contribution in [0.2, 0.25) is 10.0 Å². The molecule has 3 aromatic rings. The van der Waals surface area contributed by atoms with Crippen LogP contribution in [0.3, 0.4) is 0 Å². The molecular formula is C29H32Cl2FN3O4S. The maximum absolute atomic E-state index is 13.7. The smallest absolute Gasteiger partial charge is 0.243 e. The highest BCUT2D eigenvalue weighted by molar-refractivity contribution is 7.92. The molecule has 0 saturated heterocycles. The minimum Gasteiger partial charge on any atom is -0.355 e. The minimum atomic E-state index is -3.74. The second-order valence-electron chi connectivity index (χ2n) is 9.28. The molecule has 0 aliphatic heterocycles. The second kappa shape index (κ2) is 14.5. The van der Waals surface area contributed by atoms with Gasteiger partial charge < -0.3 is 10.2 Å². The molecule has 3 rings (SSSR count). The van der Waals surface area contributed by atoms with Gasteiger partial charge in [0, 0.05) is 37.5 Å². The van der Waals surface area contributed by atoms with Crippen molar-refractivity contribution in [1.82, 2.24) is 10.2 Å². The van der Waals surface area contributed by atoms with Gasteiger partial charge in [-0.1, -0.05) is 65.7 Å². The van der Waals surface area contributed by atoms with Gasteiger partial charge in [-0.3, -0.25) is 13.9 Å². The van der Waals surface area contributed by atoms with Crippen molar-refractivity contribution in [2.75, 3.05) is 23.7 Å². The predicted molar refractivity (Wildman–Crippen MR) is 157 cm³/mol. The lowest BCUT2D eigenvalue weighted by atomic mass is 10.0. The summed E-state index contributed by atoms with van der Waals surface area (Å²) < 4.78 is 39.9. The molecule has 0 heterocycles. The molecule has 3 aromatic carbocycles. The highest BCUT2D eigenvalue weighted by atomic mass is 35.5. The molecule has 2 amide bonds. The number of rotatable bonds is 13. The van der Waals surface area contributed by atoms with Gasteiger partial charge in [-0.15, -0.1) is 0 Å². The van der Waals surface area contributed by atoms with E-state index in [9.17, 15) is 22.4 Å². The molecule has 0 aromatic heterocycles. The van der Waals surface area contributed by atoms with Crippen molar-refractivity contribution in [2.24, 2.45) is 0 Å². The number of benzene rings is 3. The molecule has 40 heavy (non-hydrogen) atoms. The maximum Gasteiger partial charge on any atom is 0.243 e. The van der Waals surface area contributed by atoms with Crippen LogP contribution in [-0.2, 0) is 32.6 Å². The molecule has 0 aliphatic carbocycles. The van der Waals surface area contributed by atoms with Gasteiger partial charge in [0.15, 0.2) is 0 Å². The zero-order valence-corrected chi connectivity index (χ0v) is 24.6. The Labute approximate surface area is 244 Å². The summed E-state index contributed by atoms with van der Waals surface area (Å²) in [5.74, 6) is -1.07. The molecule has 1 unspecified atom stereocenters. The number of halogens is 3. The van der Waals surface area contributed by atoms with Gasteiger partial charge >= 0.3 is 0 Å². The summed E-state index contributed by atoms with van der Waals surface area (Å²) in [6, 6.07) is 18.8. The maximum atomic E-state index is 13.7. The summed E-state index contributed by atoms with van der Waals surface area (Å²) in [6.07, 6.45) is 1.43. The van der Waals surface area contributed by atoms with Crippen LogP contribution < -0.4 is 9.62 Å². The first-order valence-electron chi connectivity index (χ1n) is 12.8. The summed E-state index contributed by atoms with van der Waals surface area (Å²) in [5, 5.41) is 3.34. The van der Waals surface area contributed by atoms with Crippen molar-refractivity contribution in [3.05, 3.63) is 99.8 Å². The zero-order chi connectivity index (χ0) is 29.3.